The van der Waals surface area contributed by atoms with E-state index in [4.69, 9.17) is 0 Å². The molecule has 0 aliphatic rings. The lowest BCUT2D eigenvalue weighted by Gasteiger charge is -2.15. The van der Waals surface area contributed by atoms with Gasteiger partial charge in [0.2, 0.25) is 11.8 Å². The van der Waals surface area contributed by atoms with Gasteiger partial charge in [0.25, 0.3) is 0 Å². The molecule has 0 unspecified atom stereocenters. The number of anilines is 1. The van der Waals surface area contributed by atoms with Crippen molar-refractivity contribution in [1.82, 2.24) is 4.90 Å². The van der Waals surface area contributed by atoms with Crippen LogP contribution in [0.4, 0.5) is 5.69 Å². The van der Waals surface area contributed by atoms with Gasteiger partial charge in [-0.15, -0.1) is 0 Å². The number of amides is 2. The summed E-state index contributed by atoms with van der Waals surface area (Å²) >= 11 is 0. The predicted molar refractivity (Wildman–Crippen MR) is 72.0 cm³/mol. The summed E-state index contributed by atoms with van der Waals surface area (Å²) in [6.07, 6.45) is 3.15. The van der Waals surface area contributed by atoms with Gasteiger partial charge < -0.3 is 10.2 Å². The molecule has 4 nitrogen and oxygen atoms in total. The van der Waals surface area contributed by atoms with Crippen LogP contribution in [0.25, 0.3) is 0 Å². The van der Waals surface area contributed by atoms with Gasteiger partial charge in [-0.2, -0.15) is 0 Å². The van der Waals surface area contributed by atoms with E-state index in [1.165, 1.54) is 13.0 Å². The quantitative estimate of drug-likeness (QED) is 0.828. The zero-order valence-electron chi connectivity index (χ0n) is 10.9. The highest BCUT2D eigenvalue weighted by atomic mass is 16.2. The van der Waals surface area contributed by atoms with Crippen molar-refractivity contribution in [2.24, 2.45) is 0 Å². The zero-order chi connectivity index (χ0) is 13.5. The van der Waals surface area contributed by atoms with E-state index in [9.17, 15) is 9.59 Å². The van der Waals surface area contributed by atoms with Crippen LogP contribution in [-0.4, -0.2) is 23.8 Å². The monoisotopic (exact) mass is 246 g/mol. The lowest BCUT2D eigenvalue weighted by Crippen LogP contribution is -2.23. The topological polar surface area (TPSA) is 49.4 Å². The Balaban J connectivity index is 2.73. The molecule has 96 valence electrons. The summed E-state index contributed by atoms with van der Waals surface area (Å²) in [7, 11) is 1.74. The SMILES string of the molecule is CC=CC(=O)Nc1cccc(CN(C)C(C)=O)c1. The maximum atomic E-state index is 11.4. The van der Waals surface area contributed by atoms with Gasteiger partial charge in [0.1, 0.15) is 0 Å². The molecule has 0 spiro atoms. The lowest BCUT2D eigenvalue weighted by molar-refractivity contribution is -0.128. The van der Waals surface area contributed by atoms with Gasteiger partial charge in [0, 0.05) is 26.2 Å². The van der Waals surface area contributed by atoms with E-state index < -0.39 is 0 Å². The smallest absolute Gasteiger partial charge is 0.248 e. The molecule has 0 saturated carbocycles. The molecule has 4 heteroatoms. The first-order valence-electron chi connectivity index (χ1n) is 5.77. The van der Waals surface area contributed by atoms with Crippen LogP contribution in [0.3, 0.4) is 0 Å². The summed E-state index contributed by atoms with van der Waals surface area (Å²) in [5.74, 6) is -0.145. The number of hydrogen-bond donors (Lipinski definition) is 1. The molecular weight excluding hydrogens is 228 g/mol. The molecule has 0 aliphatic carbocycles. The predicted octanol–water partition coefficient (Wildman–Crippen LogP) is 2.18. The molecule has 18 heavy (non-hydrogen) atoms. The van der Waals surface area contributed by atoms with Crippen molar-refractivity contribution in [3.05, 3.63) is 42.0 Å². The molecule has 0 bridgehead atoms. The fourth-order valence-electron chi connectivity index (χ4n) is 1.47. The van der Waals surface area contributed by atoms with E-state index in [0.717, 1.165) is 11.3 Å². The highest BCUT2D eigenvalue weighted by Crippen LogP contribution is 2.12. The van der Waals surface area contributed by atoms with E-state index in [-0.39, 0.29) is 11.8 Å². The average Bonchev–Trinajstić information content (AvgIpc) is 2.29. The van der Waals surface area contributed by atoms with Crippen molar-refractivity contribution in [1.29, 1.82) is 0 Å². The Bertz CT molecular complexity index is 467. The van der Waals surface area contributed by atoms with Crippen LogP contribution in [0, 0.1) is 0 Å². The summed E-state index contributed by atoms with van der Waals surface area (Å²) in [6.45, 7) is 3.85. The van der Waals surface area contributed by atoms with Crippen LogP contribution in [0.5, 0.6) is 0 Å². The molecular formula is C14H18N2O2. The fourth-order valence-corrected chi connectivity index (χ4v) is 1.47. The van der Waals surface area contributed by atoms with Crippen LogP contribution in [-0.2, 0) is 16.1 Å². The molecule has 0 heterocycles. The fraction of sp³-hybridized carbons (Fsp3) is 0.286. The largest absolute Gasteiger partial charge is 0.342 e. The Hall–Kier alpha value is -2.10. The van der Waals surface area contributed by atoms with Gasteiger partial charge in [-0.05, 0) is 30.7 Å². The molecule has 1 N–H and O–H groups in total. The minimum Gasteiger partial charge on any atom is -0.342 e. The van der Waals surface area contributed by atoms with Gasteiger partial charge in [-0.25, -0.2) is 0 Å². The van der Waals surface area contributed by atoms with Crippen LogP contribution in [0.1, 0.15) is 19.4 Å². The number of nitrogens with one attached hydrogen (secondary N) is 1. The third-order valence-corrected chi connectivity index (χ3v) is 2.47. The minimum atomic E-state index is -0.158. The number of carbonyl (C=O) groups is 2. The standard InChI is InChI=1S/C14H18N2O2/c1-4-6-14(18)15-13-8-5-7-12(9-13)10-16(3)11(2)17/h4-9H,10H2,1-3H3,(H,15,18). The summed E-state index contributed by atoms with van der Waals surface area (Å²) in [4.78, 5) is 24.2. The second-order valence-electron chi connectivity index (χ2n) is 4.06. The molecule has 0 aromatic heterocycles. The number of hydrogen-bond acceptors (Lipinski definition) is 2. The maximum Gasteiger partial charge on any atom is 0.248 e. The Morgan fingerprint density at radius 1 is 1.39 bits per heavy atom. The molecule has 2 amide bonds. The summed E-state index contributed by atoms with van der Waals surface area (Å²) in [5, 5.41) is 2.76. The van der Waals surface area contributed by atoms with Crippen molar-refractivity contribution < 1.29 is 9.59 Å². The third kappa shape index (κ3) is 4.41. The Morgan fingerprint density at radius 3 is 2.72 bits per heavy atom. The van der Waals surface area contributed by atoms with E-state index in [1.54, 1.807) is 24.9 Å². The van der Waals surface area contributed by atoms with Crippen molar-refractivity contribution in [2.45, 2.75) is 20.4 Å². The number of allylic oxidation sites excluding steroid dienone is 1. The van der Waals surface area contributed by atoms with E-state index in [2.05, 4.69) is 5.32 Å². The zero-order valence-corrected chi connectivity index (χ0v) is 10.9. The Morgan fingerprint density at radius 2 is 2.11 bits per heavy atom. The second kappa shape index (κ2) is 6.59. The van der Waals surface area contributed by atoms with E-state index in [1.807, 2.05) is 24.3 Å². The lowest BCUT2D eigenvalue weighted by atomic mass is 10.2. The molecule has 1 rings (SSSR count). The first kappa shape index (κ1) is 14.0. The molecule has 1 aromatic carbocycles. The summed E-state index contributed by atoms with van der Waals surface area (Å²) in [6, 6.07) is 7.46. The van der Waals surface area contributed by atoms with Gasteiger partial charge in [0.05, 0.1) is 0 Å². The molecule has 0 atom stereocenters. The number of nitrogens with zero attached hydrogens (tertiary/aromatic N) is 1. The molecule has 0 aliphatic heterocycles. The second-order valence-corrected chi connectivity index (χ2v) is 4.06. The highest BCUT2D eigenvalue weighted by Gasteiger charge is 2.04. The van der Waals surface area contributed by atoms with Crippen LogP contribution >= 0.6 is 0 Å². The first-order chi connectivity index (χ1) is 8.52. The first-order valence-corrected chi connectivity index (χ1v) is 5.77. The molecule has 0 fully saturated rings. The van der Waals surface area contributed by atoms with Gasteiger partial charge in [-0.3, -0.25) is 9.59 Å². The van der Waals surface area contributed by atoms with E-state index >= 15 is 0 Å². The maximum absolute atomic E-state index is 11.4. The van der Waals surface area contributed by atoms with Crippen LogP contribution in [0.15, 0.2) is 36.4 Å². The van der Waals surface area contributed by atoms with Crippen molar-refractivity contribution in [3.63, 3.8) is 0 Å². The number of benzene rings is 1. The average molecular weight is 246 g/mol. The Labute approximate surface area is 107 Å². The van der Waals surface area contributed by atoms with Crippen LogP contribution in [0.2, 0.25) is 0 Å². The van der Waals surface area contributed by atoms with Crippen molar-refractivity contribution in [3.8, 4) is 0 Å². The highest BCUT2D eigenvalue weighted by molar-refractivity contribution is 5.99. The summed E-state index contributed by atoms with van der Waals surface area (Å²) in [5.41, 5.74) is 1.71. The minimum absolute atomic E-state index is 0.0124. The summed E-state index contributed by atoms with van der Waals surface area (Å²) < 4.78 is 0. The Kier molecular flexibility index (Phi) is 5.11. The van der Waals surface area contributed by atoms with Crippen molar-refractivity contribution >= 4 is 17.5 Å². The number of carbonyl (C=O) groups excluding carboxylic acids is 2. The molecule has 1 aromatic rings. The van der Waals surface area contributed by atoms with E-state index in [0.29, 0.717) is 6.54 Å². The molecule has 0 saturated heterocycles. The van der Waals surface area contributed by atoms with Gasteiger partial charge in [-0.1, -0.05) is 18.2 Å². The van der Waals surface area contributed by atoms with Gasteiger partial charge >= 0.3 is 0 Å². The van der Waals surface area contributed by atoms with Gasteiger partial charge in [0.15, 0.2) is 0 Å². The normalized spacial score (nSPS) is 10.4. The van der Waals surface area contributed by atoms with Crippen LogP contribution < -0.4 is 5.32 Å². The number of rotatable bonds is 4. The van der Waals surface area contributed by atoms with Crippen molar-refractivity contribution in [2.75, 3.05) is 12.4 Å². The third-order valence-electron chi connectivity index (χ3n) is 2.47. The molecule has 0 radical (unpaired) electrons.